The number of anilines is 1. The zero-order chi connectivity index (χ0) is 15.2. The Labute approximate surface area is 124 Å². The number of nitrogens with zero attached hydrogens (tertiary/aromatic N) is 1. The number of hydrogen-bond donors (Lipinski definition) is 1. The third-order valence-electron chi connectivity index (χ3n) is 3.27. The van der Waals surface area contributed by atoms with E-state index in [1.165, 1.54) is 0 Å². The fourth-order valence-corrected chi connectivity index (χ4v) is 2.19. The van der Waals surface area contributed by atoms with Crippen molar-refractivity contribution in [1.82, 2.24) is 4.90 Å². The summed E-state index contributed by atoms with van der Waals surface area (Å²) in [6.07, 6.45) is -0.0137. The summed E-state index contributed by atoms with van der Waals surface area (Å²) in [4.78, 5) is 14.1. The highest BCUT2D eigenvalue weighted by atomic mass is 16.5. The van der Waals surface area contributed by atoms with E-state index in [1.807, 2.05) is 7.05 Å². The van der Waals surface area contributed by atoms with E-state index in [4.69, 9.17) is 19.9 Å². The van der Waals surface area contributed by atoms with Gasteiger partial charge < -0.3 is 24.8 Å². The Morgan fingerprint density at radius 2 is 2.33 bits per heavy atom. The van der Waals surface area contributed by atoms with E-state index in [0.29, 0.717) is 36.8 Å². The van der Waals surface area contributed by atoms with E-state index in [0.717, 1.165) is 13.1 Å². The Balaban J connectivity index is 2.04. The number of benzene rings is 1. The molecule has 0 spiro atoms. The van der Waals surface area contributed by atoms with Crippen LogP contribution in [0, 0.1) is 0 Å². The molecule has 1 aromatic rings. The predicted molar refractivity (Wildman–Crippen MR) is 79.5 cm³/mol. The van der Waals surface area contributed by atoms with Crippen LogP contribution in [0.25, 0.3) is 0 Å². The first-order valence-electron chi connectivity index (χ1n) is 7.09. The molecule has 1 saturated heterocycles. The minimum atomic E-state index is -0.408. The number of esters is 1. The van der Waals surface area contributed by atoms with Crippen LogP contribution in [0.5, 0.6) is 5.75 Å². The van der Waals surface area contributed by atoms with Crippen molar-refractivity contribution in [1.29, 1.82) is 0 Å². The summed E-state index contributed by atoms with van der Waals surface area (Å²) < 4.78 is 16.4. The van der Waals surface area contributed by atoms with Crippen molar-refractivity contribution in [2.75, 3.05) is 45.7 Å². The van der Waals surface area contributed by atoms with Crippen LogP contribution in [0.2, 0.25) is 0 Å². The van der Waals surface area contributed by atoms with Gasteiger partial charge in [-0.3, -0.25) is 0 Å². The van der Waals surface area contributed by atoms with E-state index in [1.54, 1.807) is 25.1 Å². The SMILES string of the molecule is CCOC(=O)c1ccc(N)cc1OCC1CN(C)CCO1. The van der Waals surface area contributed by atoms with Crippen molar-refractivity contribution < 1.29 is 19.0 Å². The first-order valence-corrected chi connectivity index (χ1v) is 7.09. The number of nitrogens with two attached hydrogens (primary N) is 1. The minimum absolute atomic E-state index is 0.0137. The van der Waals surface area contributed by atoms with Crippen molar-refractivity contribution in [3.05, 3.63) is 23.8 Å². The number of morpholine rings is 1. The molecule has 1 aromatic carbocycles. The molecule has 6 heteroatoms. The van der Waals surface area contributed by atoms with Gasteiger partial charge in [-0.25, -0.2) is 4.79 Å². The average molecular weight is 294 g/mol. The highest BCUT2D eigenvalue weighted by molar-refractivity contribution is 5.93. The molecule has 0 aliphatic carbocycles. The standard InChI is InChI=1S/C15H22N2O4/c1-3-19-15(18)13-5-4-11(16)8-14(13)21-10-12-9-17(2)6-7-20-12/h4-5,8,12H,3,6-7,9-10,16H2,1-2H3. The van der Waals surface area contributed by atoms with Crippen molar-refractivity contribution >= 4 is 11.7 Å². The summed E-state index contributed by atoms with van der Waals surface area (Å²) in [6.45, 7) is 4.87. The molecule has 1 aliphatic rings. The second-order valence-electron chi connectivity index (χ2n) is 5.04. The summed E-state index contributed by atoms with van der Waals surface area (Å²) in [5.74, 6) is 0.0273. The molecule has 0 bridgehead atoms. The third-order valence-corrected chi connectivity index (χ3v) is 3.27. The monoisotopic (exact) mass is 294 g/mol. The van der Waals surface area contributed by atoms with Gasteiger partial charge in [-0.05, 0) is 26.1 Å². The van der Waals surface area contributed by atoms with Crippen LogP contribution in [0.1, 0.15) is 17.3 Å². The Bertz CT molecular complexity index is 493. The van der Waals surface area contributed by atoms with E-state index < -0.39 is 5.97 Å². The van der Waals surface area contributed by atoms with E-state index in [2.05, 4.69) is 4.90 Å². The molecule has 1 atom stereocenters. The number of carbonyl (C=O) groups excluding carboxylic acids is 1. The van der Waals surface area contributed by atoms with Gasteiger partial charge in [0.05, 0.1) is 13.2 Å². The quantitative estimate of drug-likeness (QED) is 0.649. The van der Waals surface area contributed by atoms with Crippen molar-refractivity contribution in [3.8, 4) is 5.75 Å². The molecule has 21 heavy (non-hydrogen) atoms. The largest absolute Gasteiger partial charge is 0.490 e. The molecule has 0 aromatic heterocycles. The van der Waals surface area contributed by atoms with Gasteiger partial charge in [-0.15, -0.1) is 0 Å². The lowest BCUT2D eigenvalue weighted by Gasteiger charge is -2.30. The zero-order valence-corrected chi connectivity index (χ0v) is 12.5. The summed E-state index contributed by atoms with van der Waals surface area (Å²) in [5, 5.41) is 0. The number of ether oxygens (including phenoxy) is 3. The maximum atomic E-state index is 11.9. The highest BCUT2D eigenvalue weighted by Crippen LogP contribution is 2.23. The third kappa shape index (κ3) is 4.34. The van der Waals surface area contributed by atoms with Gasteiger partial charge >= 0.3 is 5.97 Å². The second-order valence-corrected chi connectivity index (χ2v) is 5.04. The number of carbonyl (C=O) groups is 1. The molecule has 1 fully saturated rings. The van der Waals surface area contributed by atoms with Gasteiger partial charge in [-0.1, -0.05) is 0 Å². The normalized spacial score (nSPS) is 19.2. The summed E-state index contributed by atoms with van der Waals surface area (Å²) in [5.41, 5.74) is 6.69. The van der Waals surface area contributed by atoms with Gasteiger partial charge in [0.1, 0.15) is 24.0 Å². The average Bonchev–Trinajstić information content (AvgIpc) is 2.45. The summed E-state index contributed by atoms with van der Waals surface area (Å²) in [7, 11) is 2.04. The molecular weight excluding hydrogens is 272 g/mol. The Kier molecular flexibility index (Phi) is 5.41. The topological polar surface area (TPSA) is 74.0 Å². The molecule has 0 saturated carbocycles. The maximum absolute atomic E-state index is 11.9. The van der Waals surface area contributed by atoms with Crippen LogP contribution in [-0.4, -0.2) is 56.9 Å². The number of hydrogen-bond acceptors (Lipinski definition) is 6. The smallest absolute Gasteiger partial charge is 0.341 e. The van der Waals surface area contributed by atoms with Crippen LogP contribution >= 0.6 is 0 Å². The van der Waals surface area contributed by atoms with E-state index in [9.17, 15) is 4.79 Å². The lowest BCUT2D eigenvalue weighted by molar-refractivity contribution is -0.0405. The van der Waals surface area contributed by atoms with E-state index in [-0.39, 0.29) is 6.10 Å². The van der Waals surface area contributed by atoms with Crippen LogP contribution in [0.3, 0.4) is 0 Å². The van der Waals surface area contributed by atoms with Gasteiger partial charge in [0.2, 0.25) is 0 Å². The van der Waals surface area contributed by atoms with Crippen LogP contribution in [0.15, 0.2) is 18.2 Å². The summed E-state index contributed by atoms with van der Waals surface area (Å²) in [6, 6.07) is 4.92. The van der Waals surface area contributed by atoms with Gasteiger partial charge in [-0.2, -0.15) is 0 Å². The highest BCUT2D eigenvalue weighted by Gasteiger charge is 2.20. The Morgan fingerprint density at radius 3 is 3.05 bits per heavy atom. The van der Waals surface area contributed by atoms with Crippen LogP contribution < -0.4 is 10.5 Å². The van der Waals surface area contributed by atoms with Crippen LogP contribution in [0.4, 0.5) is 5.69 Å². The minimum Gasteiger partial charge on any atom is -0.490 e. The maximum Gasteiger partial charge on any atom is 0.341 e. The Morgan fingerprint density at radius 1 is 1.52 bits per heavy atom. The van der Waals surface area contributed by atoms with Crippen molar-refractivity contribution in [2.24, 2.45) is 0 Å². The lowest BCUT2D eigenvalue weighted by atomic mass is 10.2. The lowest BCUT2D eigenvalue weighted by Crippen LogP contribution is -2.42. The van der Waals surface area contributed by atoms with Crippen LogP contribution in [-0.2, 0) is 9.47 Å². The predicted octanol–water partition coefficient (Wildman–Crippen LogP) is 1.15. The second kappa shape index (κ2) is 7.28. The fourth-order valence-electron chi connectivity index (χ4n) is 2.19. The van der Waals surface area contributed by atoms with E-state index >= 15 is 0 Å². The Hall–Kier alpha value is -1.79. The van der Waals surface area contributed by atoms with Gasteiger partial charge in [0, 0.05) is 24.8 Å². The number of rotatable bonds is 5. The first kappa shape index (κ1) is 15.6. The molecule has 6 nitrogen and oxygen atoms in total. The molecule has 0 amide bonds. The summed E-state index contributed by atoms with van der Waals surface area (Å²) >= 11 is 0. The number of nitrogen functional groups attached to an aromatic ring is 1. The molecular formula is C15H22N2O4. The zero-order valence-electron chi connectivity index (χ0n) is 12.5. The molecule has 0 radical (unpaired) electrons. The fraction of sp³-hybridized carbons (Fsp3) is 0.533. The molecule has 116 valence electrons. The number of likely N-dealkylation sites (N-methyl/N-ethyl adjacent to an activating group) is 1. The first-order chi connectivity index (χ1) is 10.1. The molecule has 1 heterocycles. The van der Waals surface area contributed by atoms with Gasteiger partial charge in [0.25, 0.3) is 0 Å². The van der Waals surface area contributed by atoms with Crippen molar-refractivity contribution in [2.45, 2.75) is 13.0 Å². The van der Waals surface area contributed by atoms with Gasteiger partial charge in [0.15, 0.2) is 0 Å². The molecule has 1 aliphatic heterocycles. The molecule has 2 N–H and O–H groups in total. The molecule has 2 rings (SSSR count). The van der Waals surface area contributed by atoms with Crippen molar-refractivity contribution in [3.63, 3.8) is 0 Å². The molecule has 1 unspecified atom stereocenters.